The Morgan fingerprint density at radius 2 is 1.79 bits per heavy atom. The molecule has 0 unspecified atom stereocenters. The average molecular weight is 184 g/mol. The number of rotatable bonds is 2. The molecule has 0 saturated carbocycles. The van der Waals surface area contributed by atoms with Crippen molar-refractivity contribution in [1.82, 2.24) is 4.98 Å². The minimum absolute atomic E-state index is 0.544. The van der Waals surface area contributed by atoms with Crippen molar-refractivity contribution in [2.75, 3.05) is 0 Å². The first-order valence-corrected chi connectivity index (χ1v) is 4.60. The van der Waals surface area contributed by atoms with E-state index >= 15 is 0 Å². The zero-order valence-corrected chi connectivity index (χ0v) is 7.85. The highest BCUT2D eigenvalue weighted by Crippen LogP contribution is 2.15. The van der Waals surface area contributed by atoms with Gasteiger partial charge < -0.3 is 5.73 Å². The Bertz CT molecular complexity index is 392. The Morgan fingerprint density at radius 3 is 2.36 bits per heavy atom. The lowest BCUT2D eigenvalue weighted by Gasteiger charge is -2.01. The fraction of sp³-hybridized carbons (Fsp3) is 0.0833. The molecule has 0 spiro atoms. The molecule has 0 bridgehead atoms. The van der Waals surface area contributed by atoms with E-state index in [2.05, 4.69) is 4.98 Å². The molecule has 2 nitrogen and oxygen atoms in total. The summed E-state index contributed by atoms with van der Waals surface area (Å²) in [6, 6.07) is 14.1. The monoisotopic (exact) mass is 184 g/mol. The maximum absolute atomic E-state index is 5.50. The molecule has 0 aliphatic rings. The van der Waals surface area contributed by atoms with Gasteiger partial charge >= 0.3 is 0 Å². The van der Waals surface area contributed by atoms with Crippen LogP contribution in [0.1, 0.15) is 5.56 Å². The van der Waals surface area contributed by atoms with Gasteiger partial charge in [0.15, 0.2) is 0 Å². The molecule has 1 heterocycles. The Labute approximate surface area is 83.4 Å². The van der Waals surface area contributed by atoms with Gasteiger partial charge in [-0.25, -0.2) is 0 Å². The smallest absolute Gasteiger partial charge is 0.0702 e. The van der Waals surface area contributed by atoms with Crippen LogP contribution in [0, 0.1) is 0 Å². The van der Waals surface area contributed by atoms with E-state index < -0.39 is 0 Å². The highest BCUT2D eigenvalue weighted by molar-refractivity contribution is 5.58. The predicted molar refractivity (Wildman–Crippen MR) is 57.6 cm³/mol. The third kappa shape index (κ3) is 1.80. The van der Waals surface area contributed by atoms with E-state index in [9.17, 15) is 0 Å². The molecule has 2 N–H and O–H groups in total. The summed E-state index contributed by atoms with van der Waals surface area (Å²) in [5, 5.41) is 0. The van der Waals surface area contributed by atoms with Gasteiger partial charge in [-0.2, -0.15) is 0 Å². The van der Waals surface area contributed by atoms with Crippen LogP contribution in [-0.2, 0) is 6.54 Å². The van der Waals surface area contributed by atoms with E-state index in [0.717, 1.165) is 16.8 Å². The van der Waals surface area contributed by atoms with Gasteiger partial charge in [0.2, 0.25) is 0 Å². The van der Waals surface area contributed by atoms with Gasteiger partial charge in [0.1, 0.15) is 0 Å². The summed E-state index contributed by atoms with van der Waals surface area (Å²) in [7, 11) is 0. The van der Waals surface area contributed by atoms with Gasteiger partial charge in [-0.05, 0) is 11.6 Å². The van der Waals surface area contributed by atoms with Gasteiger partial charge in [0, 0.05) is 18.3 Å². The first-order chi connectivity index (χ1) is 6.90. The van der Waals surface area contributed by atoms with Crippen LogP contribution in [0.25, 0.3) is 11.3 Å². The lowest BCUT2D eigenvalue weighted by Crippen LogP contribution is -1.96. The van der Waals surface area contributed by atoms with Crippen LogP contribution in [-0.4, -0.2) is 4.98 Å². The average Bonchev–Trinajstić information content (AvgIpc) is 2.30. The molecule has 1 aromatic carbocycles. The van der Waals surface area contributed by atoms with Crippen molar-refractivity contribution in [3.63, 3.8) is 0 Å². The summed E-state index contributed by atoms with van der Waals surface area (Å²) in [5.74, 6) is 0. The molecule has 2 rings (SSSR count). The molecule has 0 atom stereocenters. The maximum Gasteiger partial charge on any atom is 0.0702 e. The van der Waals surface area contributed by atoms with Crippen molar-refractivity contribution in [2.24, 2.45) is 5.73 Å². The molecule has 0 fully saturated rings. The molecule has 1 aromatic heterocycles. The topological polar surface area (TPSA) is 38.9 Å². The van der Waals surface area contributed by atoms with Crippen LogP contribution in [0.4, 0.5) is 0 Å². The van der Waals surface area contributed by atoms with Crippen LogP contribution in [0.5, 0.6) is 0 Å². The standard InChI is InChI=1S/C12H12N2/c13-8-10-6-7-12(14-9-10)11-4-2-1-3-5-11/h1-7,9H,8,13H2. The molecular formula is C12H12N2. The quantitative estimate of drug-likeness (QED) is 0.777. The number of nitrogens with zero attached hydrogens (tertiary/aromatic N) is 1. The largest absolute Gasteiger partial charge is 0.326 e. The second-order valence-corrected chi connectivity index (χ2v) is 3.12. The Hall–Kier alpha value is -1.67. The van der Waals surface area contributed by atoms with E-state index in [1.54, 1.807) is 0 Å². The third-order valence-corrected chi connectivity index (χ3v) is 2.13. The van der Waals surface area contributed by atoms with Crippen molar-refractivity contribution in [1.29, 1.82) is 0 Å². The highest BCUT2D eigenvalue weighted by atomic mass is 14.7. The van der Waals surface area contributed by atoms with E-state index in [1.165, 1.54) is 0 Å². The van der Waals surface area contributed by atoms with Crippen molar-refractivity contribution in [2.45, 2.75) is 6.54 Å². The summed E-state index contributed by atoms with van der Waals surface area (Å²) in [6.45, 7) is 0.544. The third-order valence-electron chi connectivity index (χ3n) is 2.13. The summed E-state index contributed by atoms with van der Waals surface area (Å²) >= 11 is 0. The van der Waals surface area contributed by atoms with Gasteiger partial charge in [-0.1, -0.05) is 36.4 Å². The van der Waals surface area contributed by atoms with Gasteiger partial charge in [-0.15, -0.1) is 0 Å². The number of aromatic nitrogens is 1. The molecule has 2 aromatic rings. The molecule has 14 heavy (non-hydrogen) atoms. The molecule has 0 aliphatic carbocycles. The molecule has 70 valence electrons. The van der Waals surface area contributed by atoms with E-state index in [-0.39, 0.29) is 0 Å². The summed E-state index contributed by atoms with van der Waals surface area (Å²) in [4.78, 5) is 4.34. The van der Waals surface area contributed by atoms with Crippen LogP contribution in [0.3, 0.4) is 0 Å². The first-order valence-electron chi connectivity index (χ1n) is 4.60. The molecule has 0 saturated heterocycles. The Kier molecular flexibility index (Phi) is 2.56. The second kappa shape index (κ2) is 4.03. The second-order valence-electron chi connectivity index (χ2n) is 3.12. The van der Waals surface area contributed by atoms with Gasteiger partial charge in [-0.3, -0.25) is 4.98 Å². The Morgan fingerprint density at radius 1 is 1.00 bits per heavy atom. The summed E-state index contributed by atoms with van der Waals surface area (Å²) in [5.41, 5.74) is 8.68. The molecule has 0 amide bonds. The SMILES string of the molecule is NCc1ccc(-c2ccccc2)nc1. The molecule has 2 heteroatoms. The van der Waals surface area contributed by atoms with Gasteiger partial charge in [0.25, 0.3) is 0 Å². The lowest BCUT2D eigenvalue weighted by atomic mass is 10.1. The number of hydrogen-bond acceptors (Lipinski definition) is 2. The molecule has 0 radical (unpaired) electrons. The highest BCUT2D eigenvalue weighted by Gasteiger charge is 1.96. The van der Waals surface area contributed by atoms with Crippen LogP contribution >= 0.6 is 0 Å². The van der Waals surface area contributed by atoms with Crippen LogP contribution in [0.2, 0.25) is 0 Å². The van der Waals surface area contributed by atoms with E-state index in [0.29, 0.717) is 6.54 Å². The molecule has 0 aliphatic heterocycles. The van der Waals surface area contributed by atoms with Gasteiger partial charge in [0.05, 0.1) is 5.69 Å². The summed E-state index contributed by atoms with van der Waals surface area (Å²) < 4.78 is 0. The van der Waals surface area contributed by atoms with Crippen molar-refractivity contribution in [3.05, 3.63) is 54.2 Å². The van der Waals surface area contributed by atoms with Crippen LogP contribution < -0.4 is 5.73 Å². The van der Waals surface area contributed by atoms with Crippen molar-refractivity contribution in [3.8, 4) is 11.3 Å². The van der Waals surface area contributed by atoms with Crippen LogP contribution in [0.15, 0.2) is 48.7 Å². The zero-order chi connectivity index (χ0) is 9.80. The number of benzene rings is 1. The van der Waals surface area contributed by atoms with E-state index in [1.807, 2.05) is 48.7 Å². The van der Waals surface area contributed by atoms with Crippen molar-refractivity contribution < 1.29 is 0 Å². The number of hydrogen-bond donors (Lipinski definition) is 1. The Balaban J connectivity index is 2.34. The fourth-order valence-electron chi connectivity index (χ4n) is 1.32. The zero-order valence-electron chi connectivity index (χ0n) is 7.85. The minimum atomic E-state index is 0.544. The lowest BCUT2D eigenvalue weighted by molar-refractivity contribution is 1.05. The minimum Gasteiger partial charge on any atom is -0.326 e. The number of nitrogens with two attached hydrogens (primary N) is 1. The maximum atomic E-state index is 5.50. The number of pyridine rings is 1. The molecular weight excluding hydrogens is 172 g/mol. The normalized spacial score (nSPS) is 10.1. The first kappa shape index (κ1) is 8.91. The predicted octanol–water partition coefficient (Wildman–Crippen LogP) is 2.21. The fourth-order valence-corrected chi connectivity index (χ4v) is 1.32. The summed E-state index contributed by atoms with van der Waals surface area (Å²) in [6.07, 6.45) is 1.82. The van der Waals surface area contributed by atoms with Crippen molar-refractivity contribution >= 4 is 0 Å². The van der Waals surface area contributed by atoms with E-state index in [4.69, 9.17) is 5.73 Å².